The number of carbonyl (C=O) groups excluding carboxylic acids is 1. The Morgan fingerprint density at radius 2 is 2.03 bits per heavy atom. The highest BCUT2D eigenvalue weighted by Crippen LogP contribution is 2.48. The molecular formula is C22H20N4O6S2. The molecule has 1 unspecified atom stereocenters. The van der Waals surface area contributed by atoms with Gasteiger partial charge in [-0.3, -0.25) is 4.79 Å². The first kappa shape index (κ1) is 22.5. The van der Waals surface area contributed by atoms with Crippen molar-refractivity contribution in [2.45, 2.75) is 35.6 Å². The van der Waals surface area contributed by atoms with Crippen molar-refractivity contribution in [3.63, 3.8) is 0 Å². The molecule has 10 nitrogen and oxygen atoms in total. The van der Waals surface area contributed by atoms with Gasteiger partial charge in [0, 0.05) is 27.6 Å². The lowest BCUT2D eigenvalue weighted by Gasteiger charge is -2.17. The molecule has 0 amide bonds. The number of carbonyl (C=O) groups is 1. The number of hydrogen-bond donors (Lipinski definition) is 0. The molecule has 5 rings (SSSR count). The minimum atomic E-state index is -3.49. The normalized spacial score (nSPS) is 18.7. The van der Waals surface area contributed by atoms with Crippen LogP contribution in [0.2, 0.25) is 0 Å². The summed E-state index contributed by atoms with van der Waals surface area (Å²) in [5, 5.41) is 4.10. The Hall–Kier alpha value is -3.34. The van der Waals surface area contributed by atoms with Crippen LogP contribution >= 0.6 is 11.3 Å². The summed E-state index contributed by atoms with van der Waals surface area (Å²) in [5.74, 6) is -0.380. The predicted molar refractivity (Wildman–Crippen MR) is 126 cm³/mol. The van der Waals surface area contributed by atoms with E-state index >= 15 is 0 Å². The maximum Gasteiger partial charge on any atom is 0.343 e. The third-order valence-electron chi connectivity index (χ3n) is 6.18. The zero-order chi connectivity index (χ0) is 24.2. The van der Waals surface area contributed by atoms with Crippen LogP contribution < -0.4 is 10.2 Å². The van der Waals surface area contributed by atoms with Crippen LogP contribution in [0.1, 0.15) is 47.3 Å². The van der Waals surface area contributed by atoms with Crippen molar-refractivity contribution in [2.24, 2.45) is 5.11 Å². The number of sulfone groups is 1. The van der Waals surface area contributed by atoms with Gasteiger partial charge in [0.25, 0.3) is 0 Å². The van der Waals surface area contributed by atoms with Crippen LogP contribution in [0.4, 0.5) is 0 Å². The minimum Gasteiger partial charge on any atom is -0.494 e. The quantitative estimate of drug-likeness (QED) is 0.220. The Kier molecular flexibility index (Phi) is 5.38. The number of benzene rings is 1. The van der Waals surface area contributed by atoms with Crippen LogP contribution in [0.15, 0.2) is 38.5 Å². The second-order valence-electron chi connectivity index (χ2n) is 8.23. The number of esters is 1. The van der Waals surface area contributed by atoms with Gasteiger partial charge in [-0.15, -0.1) is 11.3 Å². The van der Waals surface area contributed by atoms with Gasteiger partial charge in [-0.1, -0.05) is 5.11 Å². The minimum absolute atomic E-state index is 0.0495. The van der Waals surface area contributed by atoms with Gasteiger partial charge in [0.05, 0.1) is 36.9 Å². The summed E-state index contributed by atoms with van der Waals surface area (Å²) in [7, 11) is -0.774. The van der Waals surface area contributed by atoms with E-state index in [-0.39, 0.29) is 28.0 Å². The summed E-state index contributed by atoms with van der Waals surface area (Å²) in [6.07, 6.45) is 3.53. The largest absolute Gasteiger partial charge is 0.494 e. The summed E-state index contributed by atoms with van der Waals surface area (Å²) in [5.41, 5.74) is 10.0. The Morgan fingerprint density at radius 3 is 2.68 bits per heavy atom. The average Bonchev–Trinajstić information content (AvgIpc) is 3.57. The van der Waals surface area contributed by atoms with Crippen molar-refractivity contribution < 1.29 is 22.7 Å². The van der Waals surface area contributed by atoms with E-state index in [2.05, 4.69) is 10.0 Å². The van der Waals surface area contributed by atoms with Crippen LogP contribution in [-0.2, 0) is 14.6 Å². The fourth-order valence-corrected chi connectivity index (χ4v) is 7.68. The first-order chi connectivity index (χ1) is 16.3. The highest BCUT2D eigenvalue weighted by atomic mass is 32.2. The highest BCUT2D eigenvalue weighted by molar-refractivity contribution is 7.93. The third kappa shape index (κ3) is 3.46. The molecule has 1 saturated carbocycles. The Labute approximate surface area is 198 Å². The van der Waals surface area contributed by atoms with Crippen LogP contribution in [0, 0.1) is 0 Å². The number of nitrogens with zero attached hydrogens (tertiary/aromatic N) is 4. The number of thiophene rings is 1. The number of pyridine rings is 1. The molecular weight excluding hydrogens is 480 g/mol. The highest BCUT2D eigenvalue weighted by Gasteiger charge is 2.34. The van der Waals surface area contributed by atoms with Gasteiger partial charge in [-0.05, 0) is 48.6 Å². The van der Waals surface area contributed by atoms with Crippen LogP contribution in [0.5, 0.6) is 5.75 Å². The summed E-state index contributed by atoms with van der Waals surface area (Å²) >= 11 is 1.10. The Bertz CT molecular complexity index is 1560. The summed E-state index contributed by atoms with van der Waals surface area (Å²) in [6, 6.07) is 4.59. The summed E-state index contributed by atoms with van der Waals surface area (Å²) in [6.45, 7) is 0. The van der Waals surface area contributed by atoms with E-state index < -0.39 is 27.3 Å². The maximum absolute atomic E-state index is 13.1. The van der Waals surface area contributed by atoms with Gasteiger partial charge >= 0.3 is 5.97 Å². The van der Waals surface area contributed by atoms with Crippen LogP contribution in [-0.4, -0.2) is 38.9 Å². The number of rotatable bonds is 5. The average molecular weight is 501 g/mol. The van der Waals surface area contributed by atoms with Crippen LogP contribution in [0.25, 0.3) is 31.8 Å². The van der Waals surface area contributed by atoms with Gasteiger partial charge < -0.3 is 14.0 Å². The van der Waals surface area contributed by atoms with Gasteiger partial charge in [-0.25, -0.2) is 13.2 Å². The van der Waals surface area contributed by atoms with E-state index in [0.717, 1.165) is 24.2 Å². The summed E-state index contributed by atoms with van der Waals surface area (Å²) < 4.78 is 38.1. The molecule has 1 atom stereocenters. The van der Waals surface area contributed by atoms with E-state index in [1.165, 1.54) is 20.4 Å². The number of aromatic nitrogens is 1. The zero-order valence-corrected chi connectivity index (χ0v) is 20.0. The SMILES string of the molecule is COC(=O)c1cn(C2CC2)c2c(OC)c(-c3cc4c(s3)S(=O)(=O)CCC4N=[N+]=[N-])ccc2c1=O. The molecule has 176 valence electrons. The monoisotopic (exact) mass is 500 g/mol. The van der Waals surface area contributed by atoms with Crippen molar-refractivity contribution in [1.29, 1.82) is 0 Å². The lowest BCUT2D eigenvalue weighted by molar-refractivity contribution is 0.0598. The second-order valence-corrected chi connectivity index (χ2v) is 11.6. The van der Waals surface area contributed by atoms with Crippen LogP contribution in [0.3, 0.4) is 0 Å². The Balaban J connectivity index is 1.79. The van der Waals surface area contributed by atoms with E-state index in [4.69, 9.17) is 15.0 Å². The molecule has 1 fully saturated rings. The molecule has 2 aromatic heterocycles. The first-order valence-corrected chi connectivity index (χ1v) is 13.0. The lowest BCUT2D eigenvalue weighted by atomic mass is 10.0. The molecule has 34 heavy (non-hydrogen) atoms. The molecule has 0 radical (unpaired) electrons. The maximum atomic E-state index is 13.1. The molecule has 3 aromatic rings. The van der Waals surface area contributed by atoms with Crippen molar-refractivity contribution in [3.05, 3.63) is 56.2 Å². The zero-order valence-electron chi connectivity index (χ0n) is 18.3. The molecule has 0 bridgehead atoms. The first-order valence-electron chi connectivity index (χ1n) is 10.6. The number of azide groups is 1. The van der Waals surface area contributed by atoms with E-state index in [0.29, 0.717) is 32.7 Å². The van der Waals surface area contributed by atoms with Gasteiger partial charge in [0.2, 0.25) is 5.43 Å². The standard InChI is InChI=1S/C22H20N4O6S2/c1-31-20-12(17-9-14-16(24-25-23)7-8-34(29,30)22(14)33-17)5-6-13-18(20)26(11-3-4-11)10-15(19(13)27)21(28)32-2/h5-6,9-11,16H,3-4,7-8H2,1-2H3. The van der Waals surface area contributed by atoms with Gasteiger partial charge in [0.15, 0.2) is 15.6 Å². The number of methoxy groups -OCH3 is 2. The molecule has 0 saturated heterocycles. The van der Waals surface area contributed by atoms with E-state index in [1.807, 2.05) is 4.57 Å². The molecule has 1 aromatic carbocycles. The molecule has 2 aliphatic rings. The number of ether oxygens (including phenoxy) is 2. The Morgan fingerprint density at radius 1 is 1.26 bits per heavy atom. The molecule has 1 aliphatic carbocycles. The molecule has 3 heterocycles. The van der Waals surface area contributed by atoms with Gasteiger partial charge in [0.1, 0.15) is 9.77 Å². The van der Waals surface area contributed by atoms with Crippen molar-refractivity contribution >= 4 is 38.0 Å². The van der Waals surface area contributed by atoms with Crippen molar-refractivity contribution in [2.75, 3.05) is 20.0 Å². The second kappa shape index (κ2) is 8.15. The molecule has 0 spiro atoms. The smallest absolute Gasteiger partial charge is 0.343 e. The van der Waals surface area contributed by atoms with Crippen molar-refractivity contribution in [1.82, 2.24) is 4.57 Å². The van der Waals surface area contributed by atoms with E-state index in [9.17, 15) is 18.0 Å². The topological polar surface area (TPSA) is 140 Å². The van der Waals surface area contributed by atoms with E-state index in [1.54, 1.807) is 18.2 Å². The van der Waals surface area contributed by atoms with Crippen molar-refractivity contribution in [3.8, 4) is 16.2 Å². The fraction of sp³-hybridized carbons (Fsp3) is 0.364. The van der Waals surface area contributed by atoms with Gasteiger partial charge in [-0.2, -0.15) is 0 Å². The predicted octanol–water partition coefficient (Wildman–Crippen LogP) is 4.39. The molecule has 12 heteroatoms. The fourth-order valence-electron chi connectivity index (χ4n) is 4.41. The lowest BCUT2D eigenvalue weighted by Crippen LogP contribution is -2.20. The number of fused-ring (bicyclic) bond motifs is 2. The summed E-state index contributed by atoms with van der Waals surface area (Å²) in [4.78, 5) is 28.8. The molecule has 1 aliphatic heterocycles. The number of hydrogen-bond acceptors (Lipinski definition) is 8. The molecule has 0 N–H and O–H groups in total. The third-order valence-corrected chi connectivity index (χ3v) is 9.74.